The molecule has 0 aromatic heterocycles. The Hall–Kier alpha value is -3.14. The molecule has 1 fully saturated rings. The fraction of sp³-hybridized carbons (Fsp3) is 0.417. The smallest absolute Gasteiger partial charge is 0.360 e. The molecule has 2 aromatic rings. The van der Waals surface area contributed by atoms with Gasteiger partial charge in [-0.15, -0.1) is 0 Å². The Morgan fingerprint density at radius 3 is 2.38 bits per heavy atom. The van der Waals surface area contributed by atoms with Gasteiger partial charge in [0.05, 0.1) is 30.0 Å². The molecule has 2 aromatic carbocycles. The third-order valence-electron chi connectivity index (χ3n) is 6.19. The van der Waals surface area contributed by atoms with E-state index in [0.717, 1.165) is 24.5 Å². The molecule has 0 radical (unpaired) electrons. The molecule has 2 heterocycles. The summed E-state index contributed by atoms with van der Waals surface area (Å²) in [5.74, 6) is -0.982. The first kappa shape index (κ1) is 24.0. The van der Waals surface area contributed by atoms with E-state index in [2.05, 4.69) is 5.32 Å². The van der Waals surface area contributed by atoms with Crippen molar-refractivity contribution in [1.29, 1.82) is 0 Å². The fourth-order valence-corrected chi connectivity index (χ4v) is 4.50. The molecule has 0 aliphatic carbocycles. The van der Waals surface area contributed by atoms with Gasteiger partial charge in [0, 0.05) is 32.7 Å². The van der Waals surface area contributed by atoms with Crippen molar-refractivity contribution in [3.8, 4) is 0 Å². The van der Waals surface area contributed by atoms with E-state index >= 15 is 0 Å². The monoisotopic (exact) mass is 478 g/mol. The van der Waals surface area contributed by atoms with Gasteiger partial charge in [-0.25, -0.2) is 4.39 Å². The van der Waals surface area contributed by atoms with Crippen LogP contribution in [0.25, 0.3) is 0 Å². The van der Waals surface area contributed by atoms with E-state index in [1.54, 1.807) is 20.8 Å². The number of hydrogen-bond acceptors (Lipinski definition) is 4. The van der Waals surface area contributed by atoms with E-state index in [1.807, 2.05) is 6.07 Å². The number of amides is 2. The number of anilines is 2. The molecule has 1 saturated heterocycles. The van der Waals surface area contributed by atoms with Crippen LogP contribution in [0.5, 0.6) is 0 Å². The van der Waals surface area contributed by atoms with Gasteiger partial charge in [0.25, 0.3) is 0 Å². The first-order valence-corrected chi connectivity index (χ1v) is 11.2. The van der Waals surface area contributed by atoms with Gasteiger partial charge in [0.15, 0.2) is 0 Å². The highest BCUT2D eigenvalue weighted by Crippen LogP contribution is 2.34. The molecular weight excluding hydrogens is 452 g/mol. The van der Waals surface area contributed by atoms with Crippen molar-refractivity contribution in [1.82, 2.24) is 9.80 Å². The van der Waals surface area contributed by atoms with E-state index < -0.39 is 17.6 Å². The van der Waals surface area contributed by atoms with Crippen molar-refractivity contribution in [3.63, 3.8) is 0 Å². The highest BCUT2D eigenvalue weighted by molar-refractivity contribution is 5.93. The number of piperazine rings is 1. The molecular formula is C24H26F4N4O2. The van der Waals surface area contributed by atoms with Crippen molar-refractivity contribution in [2.75, 3.05) is 56.0 Å². The molecule has 182 valence electrons. The number of para-hydroxylation sites is 2. The van der Waals surface area contributed by atoms with E-state index in [1.165, 1.54) is 24.3 Å². The third kappa shape index (κ3) is 5.49. The number of nitrogens with one attached hydrogen (secondary N) is 1. The van der Waals surface area contributed by atoms with E-state index in [-0.39, 0.29) is 30.5 Å². The van der Waals surface area contributed by atoms with E-state index in [9.17, 15) is 27.2 Å². The molecule has 0 bridgehead atoms. The molecule has 2 aliphatic rings. The fourth-order valence-electron chi connectivity index (χ4n) is 4.50. The summed E-state index contributed by atoms with van der Waals surface area (Å²) >= 11 is 0. The SMILES string of the molecule is O=C(CN1CCN(C(=O)CN2CCCc3cccc(F)c32)CC1)Nc1ccccc1C(F)(F)F. The molecule has 2 aliphatic heterocycles. The number of alkyl halides is 3. The van der Waals surface area contributed by atoms with E-state index in [0.29, 0.717) is 38.4 Å². The van der Waals surface area contributed by atoms with Crippen molar-refractivity contribution in [2.45, 2.75) is 19.0 Å². The molecule has 10 heteroatoms. The van der Waals surface area contributed by atoms with E-state index in [4.69, 9.17) is 0 Å². The highest BCUT2D eigenvalue weighted by atomic mass is 19.4. The molecule has 2 amide bonds. The molecule has 6 nitrogen and oxygen atoms in total. The zero-order valence-corrected chi connectivity index (χ0v) is 18.6. The van der Waals surface area contributed by atoms with Gasteiger partial charge in [0.1, 0.15) is 5.82 Å². The molecule has 0 spiro atoms. The van der Waals surface area contributed by atoms with Crippen molar-refractivity contribution in [3.05, 3.63) is 59.4 Å². The maximum absolute atomic E-state index is 14.4. The van der Waals surface area contributed by atoms with Crippen LogP contribution in [0.2, 0.25) is 0 Å². The van der Waals surface area contributed by atoms with Crippen molar-refractivity contribution >= 4 is 23.2 Å². The second-order valence-electron chi connectivity index (χ2n) is 8.52. The lowest BCUT2D eigenvalue weighted by atomic mass is 10.0. The van der Waals surface area contributed by atoms with Crippen LogP contribution < -0.4 is 10.2 Å². The summed E-state index contributed by atoms with van der Waals surface area (Å²) in [5, 5.41) is 2.34. The highest BCUT2D eigenvalue weighted by Gasteiger charge is 2.34. The number of carbonyl (C=O) groups is 2. The summed E-state index contributed by atoms with van der Waals surface area (Å²) in [4.78, 5) is 30.5. The Kier molecular flexibility index (Phi) is 7.06. The first-order chi connectivity index (χ1) is 16.2. The summed E-state index contributed by atoms with van der Waals surface area (Å²) in [6, 6.07) is 9.81. The van der Waals surface area contributed by atoms with Crippen molar-refractivity contribution < 1.29 is 27.2 Å². The number of benzene rings is 2. The van der Waals surface area contributed by atoms with Gasteiger partial charge in [0.2, 0.25) is 11.8 Å². The molecule has 0 saturated carbocycles. The summed E-state index contributed by atoms with van der Waals surface area (Å²) in [7, 11) is 0. The minimum atomic E-state index is -4.56. The average Bonchev–Trinajstić information content (AvgIpc) is 2.79. The summed E-state index contributed by atoms with van der Waals surface area (Å²) in [5.41, 5.74) is 0.232. The number of rotatable bonds is 5. The Morgan fingerprint density at radius 1 is 0.912 bits per heavy atom. The predicted octanol–water partition coefficient (Wildman–Crippen LogP) is 3.38. The number of hydrogen-bond donors (Lipinski definition) is 1. The Morgan fingerprint density at radius 2 is 1.65 bits per heavy atom. The largest absolute Gasteiger partial charge is 0.418 e. The summed E-state index contributed by atoms with van der Waals surface area (Å²) in [6.45, 7) is 2.25. The molecule has 34 heavy (non-hydrogen) atoms. The lowest BCUT2D eigenvalue weighted by Gasteiger charge is -2.37. The second kappa shape index (κ2) is 10.0. The zero-order chi connectivity index (χ0) is 24.3. The normalized spacial score (nSPS) is 16.8. The van der Waals surface area contributed by atoms with Crippen LogP contribution in [0.1, 0.15) is 17.5 Å². The number of nitrogens with zero attached hydrogens (tertiary/aromatic N) is 3. The zero-order valence-electron chi connectivity index (χ0n) is 18.6. The van der Waals surface area contributed by atoms with Crippen LogP contribution in [0.4, 0.5) is 28.9 Å². The standard InChI is InChI=1S/C24H26F4N4O2/c25-19-8-3-5-17-6-4-10-32(23(17)19)16-22(34)31-13-11-30(12-14-31)15-21(33)29-20-9-2-1-7-18(20)24(26,27)28/h1-3,5,7-9H,4,6,10-16H2,(H,29,33). The molecule has 1 N–H and O–H groups in total. The molecule has 4 rings (SSSR count). The minimum absolute atomic E-state index is 0.0705. The van der Waals surface area contributed by atoms with Crippen LogP contribution in [0.3, 0.4) is 0 Å². The molecule has 0 atom stereocenters. The van der Waals surface area contributed by atoms with Crippen LogP contribution in [0, 0.1) is 5.82 Å². The van der Waals surface area contributed by atoms with Gasteiger partial charge < -0.3 is 15.1 Å². The Balaban J connectivity index is 1.28. The maximum Gasteiger partial charge on any atom is 0.418 e. The van der Waals surface area contributed by atoms with Gasteiger partial charge in [-0.2, -0.15) is 13.2 Å². The van der Waals surface area contributed by atoms with Crippen LogP contribution >= 0.6 is 0 Å². The topological polar surface area (TPSA) is 55.9 Å². The number of halogens is 4. The second-order valence-corrected chi connectivity index (χ2v) is 8.52. The van der Waals surface area contributed by atoms with Gasteiger partial charge in [-0.1, -0.05) is 24.3 Å². The minimum Gasteiger partial charge on any atom is -0.360 e. The van der Waals surface area contributed by atoms with Crippen LogP contribution in [0.15, 0.2) is 42.5 Å². The summed E-state index contributed by atoms with van der Waals surface area (Å²) < 4.78 is 53.7. The maximum atomic E-state index is 14.4. The first-order valence-electron chi connectivity index (χ1n) is 11.2. The predicted molar refractivity (Wildman–Crippen MR) is 120 cm³/mol. The summed E-state index contributed by atoms with van der Waals surface area (Å²) in [6.07, 6.45) is -2.93. The van der Waals surface area contributed by atoms with Crippen molar-refractivity contribution in [2.24, 2.45) is 0 Å². The average molecular weight is 478 g/mol. The number of carbonyl (C=O) groups excluding carboxylic acids is 2. The van der Waals surface area contributed by atoms with Gasteiger partial charge >= 0.3 is 6.18 Å². The van der Waals surface area contributed by atoms with Gasteiger partial charge in [-0.3, -0.25) is 14.5 Å². The molecule has 0 unspecified atom stereocenters. The van der Waals surface area contributed by atoms with Gasteiger partial charge in [-0.05, 0) is 36.6 Å². The van der Waals surface area contributed by atoms with Crippen LogP contribution in [-0.2, 0) is 22.2 Å². The Bertz CT molecular complexity index is 1050. The quantitative estimate of drug-likeness (QED) is 0.670. The number of aryl methyl sites for hydroxylation is 1. The third-order valence-corrected chi connectivity index (χ3v) is 6.19. The Labute approximate surface area is 195 Å². The lowest BCUT2D eigenvalue weighted by Crippen LogP contribution is -2.53. The lowest BCUT2D eigenvalue weighted by molar-refractivity contribution is -0.137. The van der Waals surface area contributed by atoms with Crippen LogP contribution in [-0.4, -0.2) is 67.4 Å². The number of fused-ring (bicyclic) bond motifs is 1.